The van der Waals surface area contributed by atoms with E-state index in [1.54, 1.807) is 0 Å². The molecule has 0 unspecified atom stereocenters. The van der Waals surface area contributed by atoms with Crippen LogP contribution in [0.5, 0.6) is 0 Å². The molecule has 26 heavy (non-hydrogen) atoms. The number of carbonyl (C=O) groups is 2. The number of alkyl halides is 3. The molecule has 146 valence electrons. The summed E-state index contributed by atoms with van der Waals surface area (Å²) in [5.41, 5.74) is -3.96. The van der Waals surface area contributed by atoms with Crippen molar-refractivity contribution in [1.29, 1.82) is 0 Å². The zero-order chi connectivity index (χ0) is 20.5. The summed E-state index contributed by atoms with van der Waals surface area (Å²) in [6.45, 7) is 9.20. The maximum atomic E-state index is 13.9. The Morgan fingerprint density at radius 2 is 1.31 bits per heavy atom. The number of halogens is 4. The van der Waals surface area contributed by atoms with Gasteiger partial charge in [0, 0.05) is 0 Å². The predicted octanol–water partition coefficient (Wildman–Crippen LogP) is 5.52. The molecule has 0 bridgehead atoms. The van der Waals surface area contributed by atoms with Crippen molar-refractivity contribution in [3.05, 3.63) is 29.6 Å². The summed E-state index contributed by atoms with van der Waals surface area (Å²) in [7, 11) is 0. The molecule has 0 aliphatic rings. The first-order valence-corrected chi connectivity index (χ1v) is 7.64. The van der Waals surface area contributed by atoms with E-state index in [4.69, 9.17) is 9.47 Å². The molecule has 0 N–H and O–H groups in total. The van der Waals surface area contributed by atoms with Crippen LogP contribution in [0.3, 0.4) is 0 Å². The molecule has 1 aromatic rings. The lowest BCUT2D eigenvalue weighted by atomic mass is 10.1. The topological polar surface area (TPSA) is 55.8 Å². The quantitative estimate of drug-likeness (QED) is 0.603. The van der Waals surface area contributed by atoms with Crippen LogP contribution in [0.4, 0.5) is 32.8 Å². The van der Waals surface area contributed by atoms with Crippen LogP contribution < -0.4 is 4.90 Å². The molecule has 0 aromatic heterocycles. The molecule has 0 fully saturated rings. The van der Waals surface area contributed by atoms with Gasteiger partial charge in [0.15, 0.2) is 0 Å². The molecule has 0 saturated heterocycles. The van der Waals surface area contributed by atoms with Crippen molar-refractivity contribution >= 4 is 17.9 Å². The first-order chi connectivity index (χ1) is 11.5. The molecule has 0 aliphatic heterocycles. The van der Waals surface area contributed by atoms with Crippen LogP contribution in [-0.2, 0) is 15.7 Å². The van der Waals surface area contributed by atoms with Gasteiger partial charge in [-0.3, -0.25) is 0 Å². The van der Waals surface area contributed by atoms with E-state index in [0.717, 1.165) is 6.07 Å². The van der Waals surface area contributed by atoms with Crippen LogP contribution in [0.15, 0.2) is 18.2 Å². The van der Waals surface area contributed by atoms with Crippen molar-refractivity contribution < 1.29 is 36.6 Å². The monoisotopic (exact) mass is 379 g/mol. The van der Waals surface area contributed by atoms with Crippen molar-refractivity contribution in [2.45, 2.75) is 58.9 Å². The van der Waals surface area contributed by atoms with Gasteiger partial charge >= 0.3 is 18.4 Å². The zero-order valence-electron chi connectivity index (χ0n) is 15.3. The molecule has 2 amide bonds. The van der Waals surface area contributed by atoms with Crippen molar-refractivity contribution in [3.8, 4) is 0 Å². The maximum Gasteiger partial charge on any atom is 0.424 e. The van der Waals surface area contributed by atoms with Gasteiger partial charge in [-0.25, -0.2) is 14.0 Å². The molecule has 0 heterocycles. The van der Waals surface area contributed by atoms with E-state index in [1.807, 2.05) is 0 Å². The Morgan fingerprint density at radius 1 is 0.885 bits per heavy atom. The Kier molecular flexibility index (Phi) is 5.95. The minimum Gasteiger partial charge on any atom is -0.443 e. The third-order valence-corrected chi connectivity index (χ3v) is 2.67. The number of ether oxygens (including phenoxy) is 2. The van der Waals surface area contributed by atoms with Crippen molar-refractivity contribution in [1.82, 2.24) is 0 Å². The van der Waals surface area contributed by atoms with Gasteiger partial charge in [0.25, 0.3) is 0 Å². The van der Waals surface area contributed by atoms with Crippen LogP contribution >= 0.6 is 0 Å². The van der Waals surface area contributed by atoms with E-state index in [9.17, 15) is 27.2 Å². The van der Waals surface area contributed by atoms with Crippen LogP contribution in [-0.4, -0.2) is 23.4 Å². The van der Waals surface area contributed by atoms with Crippen molar-refractivity contribution in [2.24, 2.45) is 0 Å². The molecule has 5 nitrogen and oxygen atoms in total. The lowest BCUT2D eigenvalue weighted by molar-refractivity contribution is -0.139. The highest BCUT2D eigenvalue weighted by molar-refractivity contribution is 6.09. The van der Waals surface area contributed by atoms with E-state index in [1.165, 1.54) is 41.5 Å². The fourth-order valence-electron chi connectivity index (χ4n) is 1.77. The third-order valence-electron chi connectivity index (χ3n) is 2.67. The fourth-order valence-corrected chi connectivity index (χ4v) is 1.77. The molecule has 0 radical (unpaired) electrons. The highest BCUT2D eigenvalue weighted by Crippen LogP contribution is 2.33. The summed E-state index contributed by atoms with van der Waals surface area (Å²) in [5.74, 6) is -1.63. The van der Waals surface area contributed by atoms with Gasteiger partial charge in [0.2, 0.25) is 0 Å². The molecule has 0 spiro atoms. The standard InChI is InChI=1S/C17H21F4NO4/c1-15(2,3)25-13(23)22(14(24)26-16(4,5)6)10-7-8-11(12(18)9-10)17(19,20)21/h7-9H,1-6H3. The molecule has 1 rings (SSSR count). The van der Waals surface area contributed by atoms with Crippen LogP contribution in [0.25, 0.3) is 0 Å². The number of rotatable bonds is 1. The van der Waals surface area contributed by atoms with Crippen molar-refractivity contribution in [2.75, 3.05) is 4.90 Å². The summed E-state index contributed by atoms with van der Waals surface area (Å²) < 4.78 is 62.1. The molecular weight excluding hydrogens is 358 g/mol. The average Bonchev–Trinajstić information content (AvgIpc) is 2.32. The summed E-state index contributed by atoms with van der Waals surface area (Å²) >= 11 is 0. The number of carbonyl (C=O) groups excluding carboxylic acids is 2. The number of amides is 2. The number of imide groups is 1. The van der Waals surface area contributed by atoms with Gasteiger partial charge in [-0.2, -0.15) is 18.1 Å². The van der Waals surface area contributed by atoms with Crippen molar-refractivity contribution in [3.63, 3.8) is 0 Å². The Morgan fingerprint density at radius 3 is 1.62 bits per heavy atom. The number of hydrogen-bond acceptors (Lipinski definition) is 4. The van der Waals surface area contributed by atoms with Gasteiger partial charge in [-0.05, 0) is 59.7 Å². The molecule has 0 aliphatic carbocycles. The smallest absolute Gasteiger partial charge is 0.424 e. The lowest BCUT2D eigenvalue weighted by Gasteiger charge is -2.28. The number of benzene rings is 1. The van der Waals surface area contributed by atoms with E-state index in [-0.39, 0.29) is 0 Å². The minimum atomic E-state index is -4.91. The average molecular weight is 379 g/mol. The SMILES string of the molecule is CC(C)(C)OC(=O)N(C(=O)OC(C)(C)C)c1ccc(C(F)(F)F)c(F)c1. The lowest BCUT2D eigenvalue weighted by Crippen LogP contribution is -2.43. The Labute approximate surface area is 148 Å². The highest BCUT2D eigenvalue weighted by atomic mass is 19.4. The van der Waals surface area contributed by atoms with E-state index >= 15 is 0 Å². The Balaban J connectivity index is 3.34. The van der Waals surface area contributed by atoms with Gasteiger partial charge in [-0.1, -0.05) is 0 Å². The third kappa shape index (κ3) is 6.20. The fraction of sp³-hybridized carbons (Fsp3) is 0.529. The summed E-state index contributed by atoms with van der Waals surface area (Å²) in [6.07, 6.45) is -7.32. The Bertz CT molecular complexity index is 659. The largest absolute Gasteiger partial charge is 0.443 e. The van der Waals surface area contributed by atoms with Crippen LogP contribution in [0.2, 0.25) is 0 Å². The summed E-state index contributed by atoms with van der Waals surface area (Å²) in [5, 5.41) is 0. The summed E-state index contributed by atoms with van der Waals surface area (Å²) in [4.78, 5) is 25.0. The second kappa shape index (κ2) is 7.13. The first kappa shape index (κ1) is 21.7. The second-order valence-corrected chi connectivity index (χ2v) is 7.46. The molecule has 9 heteroatoms. The minimum absolute atomic E-state index is 0.347. The van der Waals surface area contributed by atoms with Gasteiger partial charge in [0.1, 0.15) is 17.0 Å². The molecule has 1 aromatic carbocycles. The predicted molar refractivity (Wildman–Crippen MR) is 86.3 cm³/mol. The van der Waals surface area contributed by atoms with E-state index < -0.39 is 46.6 Å². The Hall–Kier alpha value is -2.32. The normalized spacial score (nSPS) is 12.5. The van der Waals surface area contributed by atoms with Crippen LogP contribution in [0, 0.1) is 5.82 Å². The summed E-state index contributed by atoms with van der Waals surface area (Å²) in [6, 6.07) is 1.66. The van der Waals surface area contributed by atoms with Gasteiger partial charge < -0.3 is 9.47 Å². The zero-order valence-corrected chi connectivity index (χ0v) is 15.3. The van der Waals surface area contributed by atoms with Gasteiger partial charge in [0.05, 0.1) is 11.3 Å². The second-order valence-electron chi connectivity index (χ2n) is 7.46. The molecule has 0 atom stereocenters. The van der Waals surface area contributed by atoms with E-state index in [0.29, 0.717) is 17.0 Å². The number of nitrogens with zero attached hydrogens (tertiary/aromatic N) is 1. The number of anilines is 1. The highest BCUT2D eigenvalue weighted by Gasteiger charge is 2.37. The molecular formula is C17H21F4NO4. The van der Waals surface area contributed by atoms with Crippen LogP contribution in [0.1, 0.15) is 47.1 Å². The first-order valence-electron chi connectivity index (χ1n) is 7.64. The molecule has 0 saturated carbocycles. The maximum absolute atomic E-state index is 13.9. The van der Waals surface area contributed by atoms with Gasteiger partial charge in [-0.15, -0.1) is 0 Å². The van der Waals surface area contributed by atoms with E-state index in [2.05, 4.69) is 0 Å². The number of hydrogen-bond donors (Lipinski definition) is 0.